The fraction of sp³-hybridized carbons (Fsp3) is 0.368. The van der Waals surface area contributed by atoms with Crippen LogP contribution in [-0.2, 0) is 14.8 Å². The number of hydrogen-bond donors (Lipinski definition) is 0. The maximum absolute atomic E-state index is 12.5. The highest BCUT2D eigenvalue weighted by Crippen LogP contribution is 2.28. The molecule has 0 unspecified atom stereocenters. The third kappa shape index (κ3) is 3.68. The monoisotopic (exact) mass is 387 g/mol. The molecule has 1 amide bonds. The number of pyridine rings is 1. The number of aromatic nitrogens is 1. The Morgan fingerprint density at radius 3 is 2.48 bits per heavy atom. The number of rotatable bonds is 5. The van der Waals surface area contributed by atoms with E-state index in [1.807, 2.05) is 12.1 Å². The van der Waals surface area contributed by atoms with Crippen LogP contribution in [0.25, 0.3) is 0 Å². The minimum atomic E-state index is -3.48. The van der Waals surface area contributed by atoms with Crippen LogP contribution in [-0.4, -0.2) is 43.2 Å². The molecule has 0 bridgehead atoms. The van der Waals surface area contributed by atoms with Crippen LogP contribution >= 0.6 is 0 Å². The van der Waals surface area contributed by atoms with Crippen LogP contribution in [0.3, 0.4) is 0 Å². The van der Waals surface area contributed by atoms with E-state index in [0.29, 0.717) is 37.7 Å². The quantitative estimate of drug-likeness (QED) is 0.788. The zero-order chi connectivity index (χ0) is 18.9. The smallest absolute Gasteiger partial charge is 0.244 e. The summed E-state index contributed by atoms with van der Waals surface area (Å²) >= 11 is 0. The van der Waals surface area contributed by atoms with Crippen LogP contribution in [0.2, 0.25) is 0 Å². The summed E-state index contributed by atoms with van der Waals surface area (Å²) < 4.78 is 32.3. The second kappa shape index (κ2) is 7.28. The minimum absolute atomic E-state index is 0.113. The molecule has 0 spiro atoms. The lowest BCUT2D eigenvalue weighted by Gasteiger charge is -2.17. The van der Waals surface area contributed by atoms with E-state index in [1.165, 1.54) is 16.6 Å². The average molecular weight is 387 g/mol. The number of carbonyl (C=O) groups excluding carboxylic acids is 1. The van der Waals surface area contributed by atoms with Gasteiger partial charge >= 0.3 is 0 Å². The molecule has 2 aliphatic heterocycles. The van der Waals surface area contributed by atoms with Gasteiger partial charge in [0.2, 0.25) is 21.8 Å². The Labute approximate surface area is 158 Å². The van der Waals surface area contributed by atoms with Gasteiger partial charge < -0.3 is 9.64 Å². The predicted molar refractivity (Wildman–Crippen MR) is 100 cm³/mol. The Morgan fingerprint density at radius 2 is 1.81 bits per heavy atom. The van der Waals surface area contributed by atoms with Crippen molar-refractivity contribution in [2.75, 3.05) is 24.5 Å². The first-order valence-corrected chi connectivity index (χ1v) is 10.5. The van der Waals surface area contributed by atoms with Crippen LogP contribution < -0.4 is 9.64 Å². The van der Waals surface area contributed by atoms with Gasteiger partial charge in [0.05, 0.1) is 6.20 Å². The van der Waals surface area contributed by atoms with E-state index in [0.717, 1.165) is 24.9 Å². The molecule has 142 valence electrons. The van der Waals surface area contributed by atoms with E-state index in [-0.39, 0.29) is 10.8 Å². The molecule has 3 heterocycles. The molecule has 7 nitrogen and oxygen atoms in total. The number of anilines is 1. The fourth-order valence-electron chi connectivity index (χ4n) is 3.41. The lowest BCUT2D eigenvalue weighted by Crippen LogP contribution is -2.27. The van der Waals surface area contributed by atoms with Gasteiger partial charge in [0, 0.05) is 43.9 Å². The zero-order valence-corrected chi connectivity index (χ0v) is 15.7. The molecule has 0 atom stereocenters. The summed E-state index contributed by atoms with van der Waals surface area (Å²) in [4.78, 5) is 18.0. The maximum Gasteiger partial charge on any atom is 0.244 e. The van der Waals surface area contributed by atoms with Crippen molar-refractivity contribution in [1.29, 1.82) is 0 Å². The Balaban J connectivity index is 1.50. The molecule has 2 aliphatic rings. The first kappa shape index (κ1) is 17.9. The minimum Gasteiger partial charge on any atom is -0.439 e. The summed E-state index contributed by atoms with van der Waals surface area (Å²) in [6, 6.07) is 10.3. The summed E-state index contributed by atoms with van der Waals surface area (Å²) in [6.07, 6.45) is 4.54. The SMILES string of the molecule is O=C1CCCN1c1cccc(Oc2ccc(S(=O)(=O)N3CCCC3)cn2)c1. The summed E-state index contributed by atoms with van der Waals surface area (Å²) in [5.41, 5.74) is 0.795. The van der Waals surface area contributed by atoms with Crippen molar-refractivity contribution in [2.24, 2.45) is 0 Å². The van der Waals surface area contributed by atoms with Crippen molar-refractivity contribution in [2.45, 2.75) is 30.6 Å². The molecule has 1 aromatic heterocycles. The number of carbonyl (C=O) groups is 1. The van der Waals surface area contributed by atoms with Gasteiger partial charge in [0.25, 0.3) is 0 Å². The fourth-order valence-corrected chi connectivity index (χ4v) is 4.88. The molecule has 27 heavy (non-hydrogen) atoms. The number of amides is 1. The van der Waals surface area contributed by atoms with E-state index < -0.39 is 10.0 Å². The Bertz CT molecular complexity index is 938. The highest BCUT2D eigenvalue weighted by molar-refractivity contribution is 7.89. The van der Waals surface area contributed by atoms with Gasteiger partial charge in [-0.05, 0) is 37.5 Å². The van der Waals surface area contributed by atoms with Gasteiger partial charge in [-0.2, -0.15) is 4.31 Å². The maximum atomic E-state index is 12.5. The van der Waals surface area contributed by atoms with Gasteiger partial charge in [-0.25, -0.2) is 13.4 Å². The predicted octanol–water partition coefficient (Wildman–Crippen LogP) is 2.79. The molecule has 0 radical (unpaired) electrons. The van der Waals surface area contributed by atoms with E-state index in [9.17, 15) is 13.2 Å². The van der Waals surface area contributed by atoms with Crippen molar-refractivity contribution in [3.63, 3.8) is 0 Å². The van der Waals surface area contributed by atoms with Gasteiger partial charge in [-0.15, -0.1) is 0 Å². The van der Waals surface area contributed by atoms with Gasteiger partial charge in [-0.1, -0.05) is 6.07 Å². The van der Waals surface area contributed by atoms with E-state index in [4.69, 9.17) is 4.74 Å². The summed E-state index contributed by atoms with van der Waals surface area (Å²) in [6.45, 7) is 1.83. The average Bonchev–Trinajstić information content (AvgIpc) is 3.34. The number of sulfonamides is 1. The highest BCUT2D eigenvalue weighted by atomic mass is 32.2. The van der Waals surface area contributed by atoms with Crippen LogP contribution in [0.4, 0.5) is 5.69 Å². The third-order valence-electron chi connectivity index (χ3n) is 4.84. The molecule has 4 rings (SSSR count). The number of ether oxygens (including phenoxy) is 1. The highest BCUT2D eigenvalue weighted by Gasteiger charge is 2.27. The molecule has 2 fully saturated rings. The number of benzene rings is 1. The molecule has 2 saturated heterocycles. The molecule has 8 heteroatoms. The van der Waals surface area contributed by atoms with Crippen LogP contribution in [0, 0.1) is 0 Å². The van der Waals surface area contributed by atoms with Gasteiger partial charge in [0.15, 0.2) is 0 Å². The topological polar surface area (TPSA) is 79.8 Å². The van der Waals surface area contributed by atoms with Crippen molar-refractivity contribution in [1.82, 2.24) is 9.29 Å². The molecule has 2 aromatic rings. The van der Waals surface area contributed by atoms with Crippen molar-refractivity contribution in [3.8, 4) is 11.6 Å². The van der Waals surface area contributed by atoms with Crippen LogP contribution in [0.15, 0.2) is 47.5 Å². The molecule has 0 saturated carbocycles. The molecular formula is C19H21N3O4S. The number of hydrogen-bond acceptors (Lipinski definition) is 5. The summed E-state index contributed by atoms with van der Waals surface area (Å²) in [7, 11) is -3.48. The molecular weight excluding hydrogens is 366 g/mol. The first-order valence-electron chi connectivity index (χ1n) is 9.08. The van der Waals surface area contributed by atoms with E-state index >= 15 is 0 Å². The van der Waals surface area contributed by atoms with Crippen LogP contribution in [0.1, 0.15) is 25.7 Å². The van der Waals surface area contributed by atoms with Gasteiger partial charge in [0.1, 0.15) is 10.6 Å². The molecule has 0 aliphatic carbocycles. The second-order valence-electron chi connectivity index (χ2n) is 6.69. The van der Waals surface area contributed by atoms with E-state index in [1.54, 1.807) is 23.1 Å². The molecule has 0 N–H and O–H groups in total. The zero-order valence-electron chi connectivity index (χ0n) is 14.9. The largest absolute Gasteiger partial charge is 0.439 e. The third-order valence-corrected chi connectivity index (χ3v) is 6.72. The lowest BCUT2D eigenvalue weighted by molar-refractivity contribution is -0.117. The normalized spacial score (nSPS) is 18.2. The standard InChI is InChI=1S/C19H21N3O4S/c23-19-7-4-12-22(19)15-5-3-6-16(13-15)26-18-9-8-17(14-20-18)27(24,25)21-10-1-2-11-21/h3,5-6,8-9,13-14H,1-2,4,7,10-12H2. The summed E-state index contributed by atoms with van der Waals surface area (Å²) in [5, 5.41) is 0. The second-order valence-corrected chi connectivity index (χ2v) is 8.63. The lowest BCUT2D eigenvalue weighted by atomic mass is 10.3. The Morgan fingerprint density at radius 1 is 1.00 bits per heavy atom. The molecule has 1 aromatic carbocycles. The van der Waals surface area contributed by atoms with Crippen LogP contribution in [0.5, 0.6) is 11.6 Å². The number of nitrogens with zero attached hydrogens (tertiary/aromatic N) is 3. The van der Waals surface area contributed by atoms with Crippen molar-refractivity contribution >= 4 is 21.6 Å². The van der Waals surface area contributed by atoms with E-state index in [2.05, 4.69) is 4.98 Å². The summed E-state index contributed by atoms with van der Waals surface area (Å²) in [5.74, 6) is 0.969. The first-order chi connectivity index (χ1) is 13.0. The van der Waals surface area contributed by atoms with Crippen molar-refractivity contribution in [3.05, 3.63) is 42.6 Å². The Kier molecular flexibility index (Phi) is 4.84. The van der Waals surface area contributed by atoms with Gasteiger partial charge in [-0.3, -0.25) is 4.79 Å². The Hall–Kier alpha value is -2.45. The van der Waals surface area contributed by atoms with Crippen molar-refractivity contribution < 1.29 is 17.9 Å².